The van der Waals surface area contributed by atoms with Gasteiger partial charge in [0, 0.05) is 44.7 Å². The Hall–Kier alpha value is -2.22. The number of unbranched alkanes of at least 4 members (excludes halogenated alkanes) is 1. The molecule has 1 aromatic heterocycles. The molecule has 37 heavy (non-hydrogen) atoms. The normalized spacial score (nSPS) is 22.4. The molecule has 208 valence electrons. The summed E-state index contributed by atoms with van der Waals surface area (Å²) in [5.41, 5.74) is 2.33. The van der Waals surface area contributed by atoms with E-state index >= 15 is 0 Å². The highest BCUT2D eigenvalue weighted by Crippen LogP contribution is 2.41. The second kappa shape index (κ2) is 12.5. The molecule has 2 unspecified atom stereocenters. The smallest absolute Gasteiger partial charge is 0.286 e. The molecule has 3 rings (SSSR count). The molecular formula is C29H45F2N3O3. The molecule has 6 nitrogen and oxygen atoms in total. The number of allylic oxidation sites excluding steroid dienone is 2. The number of alkyl halides is 2. The van der Waals surface area contributed by atoms with Crippen molar-refractivity contribution in [1.82, 2.24) is 14.7 Å². The first-order chi connectivity index (χ1) is 17.5. The molecule has 8 heteroatoms. The highest BCUT2D eigenvalue weighted by atomic mass is 19.3. The van der Waals surface area contributed by atoms with E-state index in [9.17, 15) is 13.6 Å². The highest BCUT2D eigenvalue weighted by Gasteiger charge is 2.43. The van der Waals surface area contributed by atoms with Crippen molar-refractivity contribution in [2.45, 2.75) is 97.6 Å². The van der Waals surface area contributed by atoms with Crippen molar-refractivity contribution in [3.8, 4) is 0 Å². The number of hydrogen-bond acceptors (Lipinski definition) is 4. The lowest BCUT2D eigenvalue weighted by Crippen LogP contribution is -2.45. The maximum atomic E-state index is 14.8. The second-order valence-corrected chi connectivity index (χ2v) is 10.9. The third-order valence-corrected chi connectivity index (χ3v) is 7.87. The average molecular weight is 522 g/mol. The first-order valence-corrected chi connectivity index (χ1v) is 13.7. The summed E-state index contributed by atoms with van der Waals surface area (Å²) >= 11 is 0. The lowest BCUT2D eigenvalue weighted by Gasteiger charge is -2.37. The summed E-state index contributed by atoms with van der Waals surface area (Å²) in [6.07, 6.45) is 9.17. The van der Waals surface area contributed by atoms with Gasteiger partial charge in [0.2, 0.25) is 5.91 Å². The molecule has 1 fully saturated rings. The van der Waals surface area contributed by atoms with Gasteiger partial charge in [-0.15, -0.1) is 0 Å². The van der Waals surface area contributed by atoms with Crippen LogP contribution in [0, 0.1) is 11.8 Å². The van der Waals surface area contributed by atoms with Crippen LogP contribution in [-0.4, -0.2) is 54.0 Å². The zero-order chi connectivity index (χ0) is 27.3. The molecule has 1 aliphatic heterocycles. The van der Waals surface area contributed by atoms with Gasteiger partial charge in [-0.3, -0.25) is 9.48 Å². The molecule has 0 aromatic carbocycles. The van der Waals surface area contributed by atoms with Crippen LogP contribution < -0.4 is 0 Å². The zero-order valence-electron chi connectivity index (χ0n) is 23.7. The third-order valence-electron chi connectivity index (χ3n) is 7.87. The highest BCUT2D eigenvalue weighted by molar-refractivity contribution is 5.77. The Labute approximate surface area is 221 Å². The van der Waals surface area contributed by atoms with Gasteiger partial charge in [-0.2, -0.15) is 13.9 Å². The van der Waals surface area contributed by atoms with Gasteiger partial charge in [0.15, 0.2) is 0 Å². The van der Waals surface area contributed by atoms with Crippen LogP contribution >= 0.6 is 0 Å². The van der Waals surface area contributed by atoms with Gasteiger partial charge in [-0.1, -0.05) is 33.8 Å². The Kier molecular flexibility index (Phi) is 9.95. The predicted molar refractivity (Wildman–Crippen MR) is 142 cm³/mol. The molecule has 0 radical (unpaired) electrons. The minimum absolute atomic E-state index is 0.000691. The quantitative estimate of drug-likeness (QED) is 0.307. The number of ether oxygens (including phenoxy) is 2. The van der Waals surface area contributed by atoms with Crippen LogP contribution in [0.5, 0.6) is 0 Å². The molecule has 2 aliphatic rings. The van der Waals surface area contributed by atoms with Gasteiger partial charge in [-0.25, -0.2) is 0 Å². The van der Waals surface area contributed by atoms with Gasteiger partial charge in [-0.05, 0) is 62.0 Å². The van der Waals surface area contributed by atoms with E-state index in [2.05, 4.69) is 18.1 Å². The summed E-state index contributed by atoms with van der Waals surface area (Å²) in [6.45, 7) is 10.0. The van der Waals surface area contributed by atoms with Crippen molar-refractivity contribution in [3.05, 3.63) is 40.4 Å². The molecule has 1 aliphatic carbocycles. The summed E-state index contributed by atoms with van der Waals surface area (Å²) in [5, 5.41) is 4.55. The molecule has 2 heterocycles. The predicted octanol–water partition coefficient (Wildman–Crippen LogP) is 6.21. The van der Waals surface area contributed by atoms with Crippen molar-refractivity contribution >= 4 is 5.91 Å². The van der Waals surface area contributed by atoms with Crippen molar-refractivity contribution < 1.29 is 23.0 Å². The minimum Gasteiger partial charge on any atom is -0.497 e. The molecule has 0 bridgehead atoms. The second-order valence-electron chi connectivity index (χ2n) is 10.9. The van der Waals surface area contributed by atoms with E-state index in [0.717, 1.165) is 44.8 Å². The van der Waals surface area contributed by atoms with Crippen LogP contribution in [0.25, 0.3) is 0 Å². The van der Waals surface area contributed by atoms with E-state index in [4.69, 9.17) is 9.47 Å². The Morgan fingerprint density at radius 1 is 1.27 bits per heavy atom. The average Bonchev–Trinajstić information content (AvgIpc) is 3.42. The Bertz CT molecular complexity index is 993. The van der Waals surface area contributed by atoms with Gasteiger partial charge >= 0.3 is 0 Å². The summed E-state index contributed by atoms with van der Waals surface area (Å²) < 4.78 is 41.8. The minimum atomic E-state index is -3.08. The van der Waals surface area contributed by atoms with E-state index in [-0.39, 0.29) is 36.0 Å². The summed E-state index contributed by atoms with van der Waals surface area (Å²) in [7, 11) is 3.41. The van der Waals surface area contributed by atoms with E-state index < -0.39 is 5.92 Å². The molecule has 0 spiro atoms. The molecule has 0 saturated carbocycles. The third kappa shape index (κ3) is 6.44. The SMILES string of the molecule is CCc1c(C(C)C)nn(CC(=O)N2CC[C@@H](C)C2C2CC=CC(OC)=C2CCCCOC)c1C(C)(F)F. The number of likely N-dealkylation sites (tertiary alicyclic amines) is 1. The Balaban J connectivity index is 1.90. The lowest BCUT2D eigenvalue weighted by atomic mass is 9.78. The topological polar surface area (TPSA) is 56.6 Å². The van der Waals surface area contributed by atoms with Crippen LogP contribution in [0.15, 0.2) is 23.5 Å². The Morgan fingerprint density at radius 3 is 2.59 bits per heavy atom. The van der Waals surface area contributed by atoms with Crippen LogP contribution in [0.2, 0.25) is 0 Å². The van der Waals surface area contributed by atoms with E-state index in [1.165, 1.54) is 10.3 Å². The number of nitrogens with zero attached hydrogens (tertiary/aromatic N) is 3. The molecule has 1 saturated heterocycles. The zero-order valence-corrected chi connectivity index (χ0v) is 23.7. The fourth-order valence-corrected chi connectivity index (χ4v) is 6.20. The Morgan fingerprint density at radius 2 is 2.00 bits per heavy atom. The number of aromatic nitrogens is 2. The fraction of sp³-hybridized carbons (Fsp3) is 0.724. The van der Waals surface area contributed by atoms with Crippen molar-refractivity contribution in [3.63, 3.8) is 0 Å². The number of rotatable bonds is 12. The van der Waals surface area contributed by atoms with Gasteiger partial charge in [0.1, 0.15) is 18.0 Å². The first-order valence-electron chi connectivity index (χ1n) is 13.7. The van der Waals surface area contributed by atoms with Crippen LogP contribution in [0.3, 0.4) is 0 Å². The number of carbonyl (C=O) groups excluding carboxylic acids is 1. The number of amides is 1. The molecule has 1 aromatic rings. The van der Waals surface area contributed by atoms with E-state index in [1.807, 2.05) is 31.7 Å². The van der Waals surface area contributed by atoms with Crippen molar-refractivity contribution in [2.24, 2.45) is 11.8 Å². The summed E-state index contributed by atoms with van der Waals surface area (Å²) in [5.74, 6) is -1.90. The number of halogens is 2. The van der Waals surface area contributed by atoms with Crippen LogP contribution in [0.4, 0.5) is 8.78 Å². The summed E-state index contributed by atoms with van der Waals surface area (Å²) in [4.78, 5) is 15.7. The monoisotopic (exact) mass is 521 g/mol. The van der Waals surface area contributed by atoms with Gasteiger partial charge in [0.05, 0.1) is 12.8 Å². The molecule has 0 N–H and O–H groups in total. The van der Waals surface area contributed by atoms with Crippen LogP contribution in [-0.2, 0) is 33.2 Å². The number of methoxy groups -OCH3 is 2. The van der Waals surface area contributed by atoms with Gasteiger partial charge < -0.3 is 14.4 Å². The molecule has 1 amide bonds. The van der Waals surface area contributed by atoms with Gasteiger partial charge in [0.25, 0.3) is 5.92 Å². The van der Waals surface area contributed by atoms with E-state index in [1.54, 1.807) is 14.2 Å². The van der Waals surface area contributed by atoms with Crippen LogP contribution in [0.1, 0.15) is 89.6 Å². The van der Waals surface area contributed by atoms with E-state index in [0.29, 0.717) is 36.7 Å². The maximum absolute atomic E-state index is 14.8. The lowest BCUT2D eigenvalue weighted by molar-refractivity contribution is -0.134. The molecular weight excluding hydrogens is 476 g/mol. The maximum Gasteiger partial charge on any atom is 0.286 e. The molecule has 3 atom stereocenters. The van der Waals surface area contributed by atoms with Crippen molar-refractivity contribution in [2.75, 3.05) is 27.4 Å². The summed E-state index contributed by atoms with van der Waals surface area (Å²) in [6, 6.07) is -0.00334. The fourth-order valence-electron chi connectivity index (χ4n) is 6.20. The largest absolute Gasteiger partial charge is 0.497 e. The number of hydrogen-bond donors (Lipinski definition) is 0. The first kappa shape index (κ1) is 29.3. The number of carbonyl (C=O) groups is 1. The van der Waals surface area contributed by atoms with Crippen molar-refractivity contribution in [1.29, 1.82) is 0 Å². The standard InChI is InChI=1S/C29H45F2N3O3/c1-8-21-26(19(2)3)32-34(28(21)29(5,30)31)18-25(35)33-16-15-20(4)27(33)23-13-11-14-24(37-7)22(23)12-9-10-17-36-6/h11,14,19-20,23,27H,8-10,12-13,15-18H2,1-7H3/t20-,23?,27?/m1/s1.